The number of carbonyl (C=O) groups excluding carboxylic acids is 1. The molecule has 0 aliphatic heterocycles. The number of pyridine rings is 1. The third-order valence-corrected chi connectivity index (χ3v) is 2.88. The molecule has 0 unspecified atom stereocenters. The van der Waals surface area contributed by atoms with Crippen LogP contribution in [-0.4, -0.2) is 21.8 Å². The van der Waals surface area contributed by atoms with Crippen molar-refractivity contribution in [1.82, 2.24) is 4.98 Å². The molecule has 0 radical (unpaired) electrons. The number of aryl methyl sites for hydroxylation is 1. The summed E-state index contributed by atoms with van der Waals surface area (Å²) in [6.07, 6.45) is 1.65. The highest BCUT2D eigenvalue weighted by Crippen LogP contribution is 2.12. The van der Waals surface area contributed by atoms with Gasteiger partial charge in [0, 0.05) is 17.5 Å². The van der Waals surface area contributed by atoms with Gasteiger partial charge in [-0.1, -0.05) is 13.8 Å². The lowest BCUT2D eigenvalue weighted by Gasteiger charge is -2.03. The summed E-state index contributed by atoms with van der Waals surface area (Å²) in [5.74, 6) is 0.707. The molecule has 0 bridgehead atoms. The van der Waals surface area contributed by atoms with Crippen LogP contribution in [0.4, 0.5) is 0 Å². The van der Waals surface area contributed by atoms with Gasteiger partial charge in [0.25, 0.3) is 0 Å². The van der Waals surface area contributed by atoms with E-state index in [0.717, 1.165) is 5.69 Å². The van der Waals surface area contributed by atoms with Crippen LogP contribution >= 0.6 is 11.8 Å². The van der Waals surface area contributed by atoms with Crippen molar-refractivity contribution in [2.75, 3.05) is 5.75 Å². The van der Waals surface area contributed by atoms with E-state index >= 15 is 0 Å². The number of Topliss-reactive ketones (excluding diaryl/α,β-unsaturated/α-hetero) is 1. The normalized spacial score (nSPS) is 10.6. The van der Waals surface area contributed by atoms with E-state index in [1.807, 2.05) is 19.1 Å². The van der Waals surface area contributed by atoms with Crippen LogP contribution < -0.4 is 0 Å². The number of rotatable bonds is 4. The predicted molar refractivity (Wildman–Crippen MR) is 60.9 cm³/mol. The molecular formula is C11H15NOS. The quantitative estimate of drug-likeness (QED) is 0.714. The number of hydrogen-bond donors (Lipinski definition) is 0. The van der Waals surface area contributed by atoms with Crippen LogP contribution in [-0.2, 0) is 0 Å². The molecule has 0 spiro atoms. The van der Waals surface area contributed by atoms with Crippen LogP contribution in [0.2, 0.25) is 0 Å². The van der Waals surface area contributed by atoms with E-state index in [1.165, 1.54) is 0 Å². The second-order valence-corrected chi connectivity index (χ2v) is 5.04. The minimum absolute atomic E-state index is 0.163. The highest BCUT2D eigenvalue weighted by molar-refractivity contribution is 8.00. The Labute approximate surface area is 89.1 Å². The number of hydrogen-bond acceptors (Lipinski definition) is 3. The molecule has 76 valence electrons. The van der Waals surface area contributed by atoms with Crippen LogP contribution in [0.3, 0.4) is 0 Å². The van der Waals surface area contributed by atoms with Gasteiger partial charge in [-0.2, -0.15) is 11.8 Å². The lowest BCUT2D eigenvalue weighted by molar-refractivity contribution is 0.102. The fourth-order valence-electron chi connectivity index (χ4n) is 0.958. The van der Waals surface area contributed by atoms with E-state index in [0.29, 0.717) is 16.6 Å². The topological polar surface area (TPSA) is 30.0 Å². The smallest absolute Gasteiger partial charge is 0.174 e. The molecule has 1 aromatic rings. The summed E-state index contributed by atoms with van der Waals surface area (Å²) in [7, 11) is 0. The molecular weight excluding hydrogens is 194 g/mol. The number of thioether (sulfide) groups is 1. The second-order valence-electron chi connectivity index (χ2n) is 3.47. The molecule has 0 N–H and O–H groups in total. The number of aromatic nitrogens is 1. The van der Waals surface area contributed by atoms with Crippen LogP contribution in [0, 0.1) is 6.92 Å². The molecule has 0 atom stereocenters. The zero-order valence-electron chi connectivity index (χ0n) is 8.78. The number of nitrogens with zero attached hydrogens (tertiary/aromatic N) is 1. The first kappa shape index (κ1) is 11.2. The van der Waals surface area contributed by atoms with Gasteiger partial charge in [0.2, 0.25) is 0 Å². The second kappa shape index (κ2) is 5.15. The molecule has 0 aliphatic rings. The van der Waals surface area contributed by atoms with E-state index in [1.54, 1.807) is 18.0 Å². The molecule has 1 rings (SSSR count). The lowest BCUT2D eigenvalue weighted by atomic mass is 10.2. The summed E-state index contributed by atoms with van der Waals surface area (Å²) >= 11 is 1.66. The molecule has 0 fully saturated rings. The van der Waals surface area contributed by atoms with Crippen molar-refractivity contribution in [2.24, 2.45) is 0 Å². The fraction of sp³-hybridized carbons (Fsp3) is 0.455. The first-order valence-electron chi connectivity index (χ1n) is 4.67. The van der Waals surface area contributed by atoms with Crippen molar-refractivity contribution in [3.05, 3.63) is 29.6 Å². The standard InChI is InChI=1S/C11H15NOS/c1-8(2)14-7-11(13)10-5-4-9(3)12-6-10/h4-6,8H,7H2,1-3H3. The van der Waals surface area contributed by atoms with Crippen molar-refractivity contribution in [3.63, 3.8) is 0 Å². The third kappa shape index (κ3) is 3.50. The van der Waals surface area contributed by atoms with Gasteiger partial charge in [0.15, 0.2) is 5.78 Å². The molecule has 2 nitrogen and oxygen atoms in total. The molecule has 0 saturated carbocycles. The lowest BCUT2D eigenvalue weighted by Crippen LogP contribution is -2.05. The van der Waals surface area contributed by atoms with Gasteiger partial charge >= 0.3 is 0 Å². The largest absolute Gasteiger partial charge is 0.293 e. The first-order valence-corrected chi connectivity index (χ1v) is 5.72. The zero-order valence-corrected chi connectivity index (χ0v) is 9.60. The molecule has 1 heterocycles. The summed E-state index contributed by atoms with van der Waals surface area (Å²) in [5.41, 5.74) is 1.65. The predicted octanol–water partition coefficient (Wildman–Crippen LogP) is 2.71. The van der Waals surface area contributed by atoms with Crippen LogP contribution in [0.5, 0.6) is 0 Å². The van der Waals surface area contributed by atoms with E-state index in [-0.39, 0.29) is 5.78 Å². The minimum Gasteiger partial charge on any atom is -0.293 e. The van der Waals surface area contributed by atoms with Gasteiger partial charge in [0.1, 0.15) is 0 Å². The Morgan fingerprint density at radius 3 is 2.71 bits per heavy atom. The first-order chi connectivity index (χ1) is 6.59. The molecule has 3 heteroatoms. The van der Waals surface area contributed by atoms with Gasteiger partial charge in [0.05, 0.1) is 5.75 Å². The minimum atomic E-state index is 0.163. The monoisotopic (exact) mass is 209 g/mol. The average molecular weight is 209 g/mol. The number of ketones is 1. The van der Waals surface area contributed by atoms with Crippen molar-refractivity contribution >= 4 is 17.5 Å². The Hall–Kier alpha value is -0.830. The number of carbonyl (C=O) groups is 1. The summed E-state index contributed by atoms with van der Waals surface area (Å²) < 4.78 is 0. The van der Waals surface area contributed by atoms with Crippen LogP contribution in [0.25, 0.3) is 0 Å². The summed E-state index contributed by atoms with van der Waals surface area (Å²) in [5, 5.41) is 0.498. The Morgan fingerprint density at radius 1 is 1.50 bits per heavy atom. The molecule has 0 saturated heterocycles. The maximum Gasteiger partial charge on any atom is 0.174 e. The van der Waals surface area contributed by atoms with Crippen LogP contribution in [0.15, 0.2) is 18.3 Å². The SMILES string of the molecule is Cc1ccc(C(=O)CSC(C)C)cn1. The molecule has 0 aromatic carbocycles. The summed E-state index contributed by atoms with van der Waals surface area (Å²) in [6, 6.07) is 3.71. The molecule has 0 amide bonds. The fourth-order valence-corrected chi connectivity index (χ4v) is 1.61. The van der Waals surface area contributed by atoms with E-state index in [9.17, 15) is 4.79 Å². The van der Waals surface area contributed by atoms with E-state index < -0.39 is 0 Å². The van der Waals surface area contributed by atoms with Crippen LogP contribution in [0.1, 0.15) is 29.9 Å². The maximum atomic E-state index is 11.6. The van der Waals surface area contributed by atoms with Gasteiger partial charge in [-0.25, -0.2) is 0 Å². The van der Waals surface area contributed by atoms with E-state index in [4.69, 9.17) is 0 Å². The van der Waals surface area contributed by atoms with Crippen molar-refractivity contribution < 1.29 is 4.79 Å². The Bertz CT molecular complexity index is 306. The van der Waals surface area contributed by atoms with Gasteiger partial charge in [-0.05, 0) is 24.3 Å². The molecule has 1 aromatic heterocycles. The average Bonchev–Trinajstić information content (AvgIpc) is 2.15. The van der Waals surface area contributed by atoms with Gasteiger partial charge < -0.3 is 0 Å². The Balaban J connectivity index is 2.57. The summed E-state index contributed by atoms with van der Waals surface area (Å²) in [4.78, 5) is 15.7. The highest BCUT2D eigenvalue weighted by atomic mass is 32.2. The molecule has 0 aliphatic carbocycles. The zero-order chi connectivity index (χ0) is 10.6. The van der Waals surface area contributed by atoms with Crippen molar-refractivity contribution in [3.8, 4) is 0 Å². The van der Waals surface area contributed by atoms with Crippen molar-refractivity contribution in [2.45, 2.75) is 26.0 Å². The highest BCUT2D eigenvalue weighted by Gasteiger charge is 2.06. The molecule has 14 heavy (non-hydrogen) atoms. The Kier molecular flexibility index (Phi) is 4.14. The van der Waals surface area contributed by atoms with Crippen molar-refractivity contribution in [1.29, 1.82) is 0 Å². The Morgan fingerprint density at radius 2 is 2.21 bits per heavy atom. The maximum absolute atomic E-state index is 11.6. The van der Waals surface area contributed by atoms with Gasteiger partial charge in [-0.3, -0.25) is 9.78 Å². The third-order valence-electron chi connectivity index (χ3n) is 1.78. The van der Waals surface area contributed by atoms with E-state index in [2.05, 4.69) is 18.8 Å². The summed E-state index contributed by atoms with van der Waals surface area (Å²) in [6.45, 7) is 6.09. The van der Waals surface area contributed by atoms with Gasteiger partial charge in [-0.15, -0.1) is 0 Å².